The van der Waals surface area contributed by atoms with E-state index in [-0.39, 0.29) is 5.91 Å². The van der Waals surface area contributed by atoms with Crippen LogP contribution in [0.5, 0.6) is 0 Å². The molecule has 124 valence electrons. The Morgan fingerprint density at radius 3 is 2.74 bits per heavy atom. The largest absolute Gasteiger partial charge is 0.355 e. The van der Waals surface area contributed by atoms with Gasteiger partial charge in [-0.1, -0.05) is 43.8 Å². The van der Waals surface area contributed by atoms with E-state index in [9.17, 15) is 4.79 Å². The third-order valence-corrected chi connectivity index (χ3v) is 4.96. The molecule has 0 fully saturated rings. The van der Waals surface area contributed by atoms with Crippen LogP contribution in [-0.4, -0.2) is 39.1 Å². The first-order valence-electron chi connectivity index (χ1n) is 7.65. The monoisotopic (exact) mass is 350 g/mol. The fourth-order valence-electron chi connectivity index (χ4n) is 1.77. The number of aromatic nitrogens is 3. The van der Waals surface area contributed by atoms with Gasteiger partial charge in [0.05, 0.1) is 5.75 Å². The minimum atomic E-state index is 0.0237. The van der Waals surface area contributed by atoms with Crippen LogP contribution in [0.4, 0.5) is 0 Å². The summed E-state index contributed by atoms with van der Waals surface area (Å²) in [6.45, 7) is 4.80. The van der Waals surface area contributed by atoms with E-state index in [1.54, 1.807) is 0 Å². The smallest absolute Gasteiger partial charge is 0.230 e. The third-order valence-electron chi connectivity index (χ3n) is 3.02. The number of thioether (sulfide) groups is 2. The second-order valence-corrected chi connectivity index (χ2v) is 7.42. The highest BCUT2D eigenvalue weighted by Gasteiger charge is 2.09. The molecule has 1 aromatic heterocycles. The van der Waals surface area contributed by atoms with Gasteiger partial charge in [-0.05, 0) is 24.3 Å². The standard InChI is InChI=1S/C16H22N4OS2/c1-12(2)15-18-16(20-19-15)23-11-14(21)17-9-6-10-22-13-7-4-3-5-8-13/h3-5,7-8,12H,6,9-11H2,1-2H3,(H,17,21)(H,18,19,20). The molecule has 0 radical (unpaired) electrons. The summed E-state index contributed by atoms with van der Waals surface area (Å²) < 4.78 is 0. The van der Waals surface area contributed by atoms with Crippen LogP contribution in [0.1, 0.15) is 32.0 Å². The van der Waals surface area contributed by atoms with Gasteiger partial charge in [-0.15, -0.1) is 16.9 Å². The number of nitrogens with one attached hydrogen (secondary N) is 2. The van der Waals surface area contributed by atoms with Crippen molar-refractivity contribution in [3.8, 4) is 0 Å². The topological polar surface area (TPSA) is 70.7 Å². The molecule has 0 unspecified atom stereocenters. The molecule has 23 heavy (non-hydrogen) atoms. The van der Waals surface area contributed by atoms with Crippen molar-refractivity contribution in [2.75, 3.05) is 18.1 Å². The Balaban J connectivity index is 1.56. The van der Waals surface area contributed by atoms with Crippen molar-refractivity contribution < 1.29 is 4.79 Å². The molecule has 5 nitrogen and oxygen atoms in total. The minimum absolute atomic E-state index is 0.0237. The molecule has 1 aromatic carbocycles. The Labute approximate surface area is 145 Å². The lowest BCUT2D eigenvalue weighted by Crippen LogP contribution is -2.26. The summed E-state index contributed by atoms with van der Waals surface area (Å²) >= 11 is 3.16. The van der Waals surface area contributed by atoms with Gasteiger partial charge in [-0.2, -0.15) is 0 Å². The Kier molecular flexibility index (Phi) is 7.48. The van der Waals surface area contributed by atoms with Gasteiger partial charge in [0.2, 0.25) is 11.1 Å². The summed E-state index contributed by atoms with van der Waals surface area (Å²) in [6.07, 6.45) is 0.952. The molecule has 0 saturated heterocycles. The molecule has 7 heteroatoms. The molecule has 0 bridgehead atoms. The van der Waals surface area contributed by atoms with Gasteiger partial charge in [0, 0.05) is 17.4 Å². The van der Waals surface area contributed by atoms with E-state index in [0.29, 0.717) is 23.4 Å². The fraction of sp³-hybridized carbons (Fsp3) is 0.438. The first kappa shape index (κ1) is 17.9. The molecule has 2 N–H and O–H groups in total. The normalized spacial score (nSPS) is 10.9. The molecular formula is C16H22N4OS2. The van der Waals surface area contributed by atoms with E-state index in [4.69, 9.17) is 0 Å². The maximum atomic E-state index is 11.8. The Morgan fingerprint density at radius 2 is 2.04 bits per heavy atom. The molecule has 1 amide bonds. The predicted molar refractivity (Wildman–Crippen MR) is 96.0 cm³/mol. The number of benzene rings is 1. The van der Waals surface area contributed by atoms with E-state index >= 15 is 0 Å². The highest BCUT2D eigenvalue weighted by Crippen LogP contribution is 2.17. The zero-order valence-corrected chi connectivity index (χ0v) is 15.0. The van der Waals surface area contributed by atoms with E-state index in [1.807, 2.05) is 30.0 Å². The molecular weight excluding hydrogens is 328 g/mol. The summed E-state index contributed by atoms with van der Waals surface area (Å²) in [5.41, 5.74) is 0. The van der Waals surface area contributed by atoms with Gasteiger partial charge in [0.1, 0.15) is 5.82 Å². The first-order chi connectivity index (χ1) is 11.1. The number of hydrogen-bond acceptors (Lipinski definition) is 5. The zero-order chi connectivity index (χ0) is 16.5. The Hall–Kier alpha value is -1.47. The van der Waals surface area contributed by atoms with Crippen molar-refractivity contribution >= 4 is 29.4 Å². The lowest BCUT2D eigenvalue weighted by Gasteiger charge is -2.04. The third kappa shape index (κ3) is 6.66. The van der Waals surface area contributed by atoms with Crippen LogP contribution >= 0.6 is 23.5 Å². The SMILES string of the molecule is CC(C)c1nc(SCC(=O)NCCCSc2ccccc2)n[nH]1. The quantitative estimate of drug-likeness (QED) is 0.536. The maximum Gasteiger partial charge on any atom is 0.230 e. The number of carbonyl (C=O) groups excluding carboxylic acids is 1. The molecule has 0 aliphatic heterocycles. The zero-order valence-electron chi connectivity index (χ0n) is 13.4. The summed E-state index contributed by atoms with van der Waals surface area (Å²) in [6, 6.07) is 10.3. The van der Waals surface area contributed by atoms with Gasteiger partial charge >= 0.3 is 0 Å². The average Bonchev–Trinajstić information content (AvgIpc) is 3.03. The van der Waals surface area contributed by atoms with Gasteiger partial charge in [0.15, 0.2) is 0 Å². The van der Waals surface area contributed by atoms with Crippen molar-refractivity contribution in [3.05, 3.63) is 36.2 Å². The van der Waals surface area contributed by atoms with Crippen molar-refractivity contribution in [3.63, 3.8) is 0 Å². The molecule has 0 spiro atoms. The molecule has 0 atom stereocenters. The molecule has 0 aliphatic rings. The number of nitrogens with zero attached hydrogens (tertiary/aromatic N) is 2. The Morgan fingerprint density at radius 1 is 1.26 bits per heavy atom. The van der Waals surface area contributed by atoms with Crippen LogP contribution in [0.15, 0.2) is 40.4 Å². The molecule has 0 aliphatic carbocycles. The van der Waals surface area contributed by atoms with Crippen LogP contribution in [0, 0.1) is 0 Å². The summed E-state index contributed by atoms with van der Waals surface area (Å²) in [5, 5.41) is 10.5. The molecule has 1 heterocycles. The lowest BCUT2D eigenvalue weighted by molar-refractivity contribution is -0.118. The highest BCUT2D eigenvalue weighted by atomic mass is 32.2. The van der Waals surface area contributed by atoms with Crippen LogP contribution in [0.25, 0.3) is 0 Å². The van der Waals surface area contributed by atoms with Crippen molar-refractivity contribution in [2.24, 2.45) is 0 Å². The number of H-pyrrole nitrogens is 1. The van der Waals surface area contributed by atoms with Gasteiger partial charge in [-0.25, -0.2) is 4.98 Å². The predicted octanol–water partition coefficient (Wildman–Crippen LogP) is 3.32. The average molecular weight is 351 g/mol. The second kappa shape index (κ2) is 9.62. The summed E-state index contributed by atoms with van der Waals surface area (Å²) in [5.74, 6) is 2.53. The van der Waals surface area contributed by atoms with Crippen molar-refractivity contribution in [1.29, 1.82) is 0 Å². The maximum absolute atomic E-state index is 11.8. The van der Waals surface area contributed by atoms with Crippen LogP contribution < -0.4 is 5.32 Å². The number of hydrogen-bond donors (Lipinski definition) is 2. The van der Waals surface area contributed by atoms with Crippen LogP contribution in [0.2, 0.25) is 0 Å². The van der Waals surface area contributed by atoms with Crippen LogP contribution in [0.3, 0.4) is 0 Å². The van der Waals surface area contributed by atoms with E-state index in [0.717, 1.165) is 18.0 Å². The first-order valence-corrected chi connectivity index (χ1v) is 9.62. The second-order valence-electron chi connectivity index (χ2n) is 5.31. The minimum Gasteiger partial charge on any atom is -0.355 e. The van der Waals surface area contributed by atoms with Crippen molar-refractivity contribution in [2.45, 2.75) is 36.2 Å². The number of rotatable bonds is 9. The van der Waals surface area contributed by atoms with E-state index in [2.05, 4.69) is 46.5 Å². The van der Waals surface area contributed by atoms with E-state index in [1.165, 1.54) is 16.7 Å². The van der Waals surface area contributed by atoms with Gasteiger partial charge in [0.25, 0.3) is 0 Å². The Bertz CT molecular complexity index is 601. The number of carbonyl (C=O) groups is 1. The molecule has 2 rings (SSSR count). The molecule has 0 saturated carbocycles. The number of amides is 1. The number of aromatic amines is 1. The van der Waals surface area contributed by atoms with Gasteiger partial charge < -0.3 is 5.32 Å². The van der Waals surface area contributed by atoms with Gasteiger partial charge in [-0.3, -0.25) is 9.89 Å². The summed E-state index contributed by atoms with van der Waals surface area (Å²) in [7, 11) is 0. The lowest BCUT2D eigenvalue weighted by atomic mass is 10.2. The van der Waals surface area contributed by atoms with Crippen LogP contribution in [-0.2, 0) is 4.79 Å². The molecule has 2 aromatic rings. The van der Waals surface area contributed by atoms with Crippen molar-refractivity contribution in [1.82, 2.24) is 20.5 Å². The fourth-order valence-corrected chi connectivity index (χ4v) is 3.28. The summed E-state index contributed by atoms with van der Waals surface area (Å²) in [4.78, 5) is 17.4. The highest BCUT2D eigenvalue weighted by molar-refractivity contribution is 7.99. The van der Waals surface area contributed by atoms with E-state index < -0.39 is 0 Å².